The van der Waals surface area contributed by atoms with Crippen molar-refractivity contribution in [3.63, 3.8) is 0 Å². The molecule has 3 N–H and O–H groups in total. The molecule has 0 saturated carbocycles. The summed E-state index contributed by atoms with van der Waals surface area (Å²) in [5, 5.41) is 9.57. The Bertz CT molecular complexity index is 354. The number of aromatic hydroxyl groups is 1. The summed E-state index contributed by atoms with van der Waals surface area (Å²) >= 11 is 8.81. The van der Waals surface area contributed by atoms with Crippen LogP contribution in [0.1, 0.15) is 10.4 Å². The Hall–Kier alpha value is -0.580. The van der Waals surface area contributed by atoms with Crippen LogP contribution in [0.2, 0.25) is 5.02 Å². The third kappa shape index (κ3) is 2.02. The van der Waals surface area contributed by atoms with Crippen LogP contribution in [-0.2, 0) is 0 Å². The van der Waals surface area contributed by atoms with E-state index in [-0.39, 0.29) is 28.7 Å². The quantitative estimate of drug-likeness (QED) is 0.803. The summed E-state index contributed by atoms with van der Waals surface area (Å²) in [7, 11) is 0. The number of phenols is 1. The van der Waals surface area contributed by atoms with Crippen molar-refractivity contribution >= 4 is 33.3 Å². The van der Waals surface area contributed by atoms with Crippen molar-refractivity contribution in [2.75, 3.05) is 6.54 Å². The highest BCUT2D eigenvalue weighted by Crippen LogP contribution is 2.34. The highest BCUT2D eigenvalue weighted by Gasteiger charge is 2.13. The molecule has 5 heteroatoms. The molecule has 0 fully saturated rings. The number of phenolic OH excluding ortho intramolecular Hbond substituents is 1. The van der Waals surface area contributed by atoms with Crippen LogP contribution in [0.4, 0.5) is 0 Å². The number of carbonyl (C=O) groups is 1. The Morgan fingerprint density at radius 2 is 2.23 bits per heavy atom. The molecule has 0 heterocycles. The summed E-state index contributed by atoms with van der Waals surface area (Å²) in [6.07, 6.45) is 0. The van der Waals surface area contributed by atoms with E-state index in [2.05, 4.69) is 15.9 Å². The minimum Gasteiger partial charge on any atom is -0.506 e. The summed E-state index contributed by atoms with van der Waals surface area (Å²) in [6.45, 7) is -0.147. The van der Waals surface area contributed by atoms with E-state index in [1.54, 1.807) is 6.07 Å². The summed E-state index contributed by atoms with van der Waals surface area (Å²) in [6, 6.07) is 3.06. The van der Waals surface area contributed by atoms with Gasteiger partial charge in [0.05, 0.1) is 17.1 Å². The molecular formula is C8H7BrClNO2. The monoisotopic (exact) mass is 263 g/mol. The third-order valence-electron chi connectivity index (χ3n) is 1.55. The number of ketones is 1. The number of halogens is 2. The Kier molecular flexibility index (Phi) is 3.30. The summed E-state index contributed by atoms with van der Waals surface area (Å²) in [5.74, 6) is -0.571. The molecule has 0 spiro atoms. The Labute approximate surface area is 88.6 Å². The molecule has 1 rings (SSSR count). The Balaban J connectivity index is 3.26. The lowest BCUT2D eigenvalue weighted by Crippen LogP contribution is -2.13. The fourth-order valence-corrected chi connectivity index (χ4v) is 1.36. The molecule has 70 valence electrons. The summed E-state index contributed by atoms with van der Waals surface area (Å²) in [4.78, 5) is 11.1. The molecular weight excluding hydrogens is 257 g/mol. The normalized spacial score (nSPS) is 10.1. The van der Waals surface area contributed by atoms with Crippen LogP contribution >= 0.6 is 27.5 Å². The highest BCUT2D eigenvalue weighted by molar-refractivity contribution is 9.10. The second-order valence-corrected chi connectivity index (χ2v) is 3.62. The molecule has 3 nitrogen and oxygen atoms in total. The maximum Gasteiger partial charge on any atom is 0.180 e. The van der Waals surface area contributed by atoms with Crippen LogP contribution < -0.4 is 5.73 Å². The number of hydrogen-bond acceptors (Lipinski definition) is 3. The van der Waals surface area contributed by atoms with Gasteiger partial charge in [-0.3, -0.25) is 4.79 Å². The number of hydrogen-bond donors (Lipinski definition) is 2. The predicted octanol–water partition coefficient (Wildman–Crippen LogP) is 1.95. The molecule has 0 bridgehead atoms. The molecule has 0 aliphatic rings. The SMILES string of the molecule is NCC(=O)c1ccc(Br)c(Cl)c1O. The van der Waals surface area contributed by atoms with Crippen molar-refractivity contribution in [1.82, 2.24) is 0 Å². The van der Waals surface area contributed by atoms with Crippen LogP contribution in [0.15, 0.2) is 16.6 Å². The average molecular weight is 265 g/mol. The second-order valence-electron chi connectivity index (χ2n) is 2.38. The van der Waals surface area contributed by atoms with E-state index in [0.29, 0.717) is 4.47 Å². The van der Waals surface area contributed by atoms with Gasteiger partial charge in [-0.15, -0.1) is 0 Å². The van der Waals surface area contributed by atoms with E-state index in [1.165, 1.54) is 6.07 Å². The zero-order valence-corrected chi connectivity index (χ0v) is 8.89. The van der Waals surface area contributed by atoms with Gasteiger partial charge in [0.25, 0.3) is 0 Å². The molecule has 0 radical (unpaired) electrons. The lowest BCUT2D eigenvalue weighted by molar-refractivity contribution is 0.0999. The first-order valence-corrected chi connectivity index (χ1v) is 4.65. The second kappa shape index (κ2) is 4.09. The minimum absolute atomic E-state index is 0.124. The van der Waals surface area contributed by atoms with E-state index >= 15 is 0 Å². The molecule has 0 saturated heterocycles. The van der Waals surface area contributed by atoms with Crippen molar-refractivity contribution in [3.05, 3.63) is 27.2 Å². The maximum atomic E-state index is 11.1. The van der Waals surface area contributed by atoms with Crippen LogP contribution in [0, 0.1) is 0 Å². The van der Waals surface area contributed by atoms with E-state index in [4.69, 9.17) is 17.3 Å². The van der Waals surface area contributed by atoms with Crippen molar-refractivity contribution in [2.45, 2.75) is 0 Å². The van der Waals surface area contributed by atoms with E-state index < -0.39 is 0 Å². The lowest BCUT2D eigenvalue weighted by atomic mass is 10.1. The summed E-state index contributed by atoms with van der Waals surface area (Å²) < 4.78 is 0.542. The lowest BCUT2D eigenvalue weighted by Gasteiger charge is -2.04. The molecule has 0 aromatic heterocycles. The van der Waals surface area contributed by atoms with Crippen molar-refractivity contribution in [3.8, 4) is 5.75 Å². The van der Waals surface area contributed by atoms with Crippen molar-refractivity contribution in [2.24, 2.45) is 5.73 Å². The number of nitrogens with two attached hydrogens (primary N) is 1. The van der Waals surface area contributed by atoms with Gasteiger partial charge in [-0.1, -0.05) is 11.6 Å². The van der Waals surface area contributed by atoms with E-state index in [1.807, 2.05) is 0 Å². The topological polar surface area (TPSA) is 63.3 Å². The Morgan fingerprint density at radius 3 is 2.77 bits per heavy atom. The zero-order chi connectivity index (χ0) is 10.0. The van der Waals surface area contributed by atoms with Crippen LogP contribution in [0.25, 0.3) is 0 Å². The largest absolute Gasteiger partial charge is 0.506 e. The fourth-order valence-electron chi connectivity index (χ4n) is 0.875. The van der Waals surface area contributed by atoms with Gasteiger partial charge in [0.2, 0.25) is 0 Å². The minimum atomic E-state index is -0.341. The van der Waals surface area contributed by atoms with Crippen molar-refractivity contribution < 1.29 is 9.90 Å². The van der Waals surface area contributed by atoms with Gasteiger partial charge in [-0.2, -0.15) is 0 Å². The van der Waals surface area contributed by atoms with Gasteiger partial charge in [-0.25, -0.2) is 0 Å². The summed E-state index contributed by atoms with van der Waals surface area (Å²) in [5.41, 5.74) is 5.29. The number of rotatable bonds is 2. The zero-order valence-electron chi connectivity index (χ0n) is 6.55. The average Bonchev–Trinajstić information content (AvgIpc) is 2.13. The highest BCUT2D eigenvalue weighted by atomic mass is 79.9. The van der Waals surface area contributed by atoms with E-state index in [9.17, 15) is 9.90 Å². The molecule has 0 atom stereocenters. The number of carbonyl (C=O) groups excluding carboxylic acids is 1. The van der Waals surface area contributed by atoms with Crippen LogP contribution in [0.3, 0.4) is 0 Å². The maximum absolute atomic E-state index is 11.1. The number of benzene rings is 1. The van der Waals surface area contributed by atoms with Gasteiger partial charge in [0, 0.05) is 4.47 Å². The first kappa shape index (κ1) is 10.5. The van der Waals surface area contributed by atoms with E-state index in [0.717, 1.165) is 0 Å². The molecule has 1 aromatic rings. The molecule has 0 aliphatic carbocycles. The predicted molar refractivity (Wildman–Crippen MR) is 54.2 cm³/mol. The van der Waals surface area contributed by atoms with Gasteiger partial charge in [0.15, 0.2) is 5.78 Å². The van der Waals surface area contributed by atoms with Crippen molar-refractivity contribution in [1.29, 1.82) is 0 Å². The van der Waals surface area contributed by atoms with Crippen LogP contribution in [0.5, 0.6) is 5.75 Å². The van der Waals surface area contributed by atoms with Gasteiger partial charge >= 0.3 is 0 Å². The molecule has 0 aliphatic heterocycles. The molecule has 1 aromatic carbocycles. The first-order valence-electron chi connectivity index (χ1n) is 3.48. The number of Topliss-reactive ketones (excluding diaryl/α,β-unsaturated/α-hetero) is 1. The molecule has 0 unspecified atom stereocenters. The molecule has 0 amide bonds. The van der Waals surface area contributed by atoms with Gasteiger partial charge < -0.3 is 10.8 Å². The standard InChI is InChI=1S/C8H7BrClNO2/c9-5-2-1-4(6(12)3-11)8(13)7(5)10/h1-2,13H,3,11H2. The smallest absolute Gasteiger partial charge is 0.180 e. The van der Waals surface area contributed by atoms with Gasteiger partial charge in [-0.05, 0) is 28.1 Å². The first-order chi connectivity index (χ1) is 6.07. The van der Waals surface area contributed by atoms with Crippen LogP contribution in [-0.4, -0.2) is 17.4 Å². The Morgan fingerprint density at radius 1 is 1.62 bits per heavy atom. The molecule has 13 heavy (non-hydrogen) atoms. The third-order valence-corrected chi connectivity index (χ3v) is 2.83. The fraction of sp³-hybridized carbons (Fsp3) is 0.125. The van der Waals surface area contributed by atoms with Gasteiger partial charge in [0.1, 0.15) is 5.75 Å².